The van der Waals surface area contributed by atoms with Crippen molar-refractivity contribution in [3.05, 3.63) is 60.4 Å². The van der Waals surface area contributed by atoms with E-state index in [1.807, 2.05) is 48.5 Å². The van der Waals surface area contributed by atoms with Crippen LogP contribution in [0.1, 0.15) is 19.4 Å². The van der Waals surface area contributed by atoms with Gasteiger partial charge >= 0.3 is 0 Å². The van der Waals surface area contributed by atoms with Crippen molar-refractivity contribution >= 4 is 22.6 Å². The Balaban J connectivity index is 1.59. The summed E-state index contributed by atoms with van der Waals surface area (Å²) in [5.74, 6) is 1.10. The van der Waals surface area contributed by atoms with E-state index in [-0.39, 0.29) is 18.4 Å². The molecule has 2 N–H and O–H groups in total. The lowest BCUT2D eigenvalue weighted by Gasteiger charge is -2.24. The zero-order valence-corrected chi connectivity index (χ0v) is 16.0. The van der Waals surface area contributed by atoms with Gasteiger partial charge in [-0.25, -0.2) is 0 Å². The van der Waals surface area contributed by atoms with Crippen LogP contribution in [-0.4, -0.2) is 25.6 Å². The van der Waals surface area contributed by atoms with Gasteiger partial charge in [0, 0.05) is 35.3 Å². The quantitative estimate of drug-likeness (QED) is 0.626. The van der Waals surface area contributed by atoms with Gasteiger partial charge in [0.25, 0.3) is 0 Å². The Labute approximate surface area is 159 Å². The summed E-state index contributed by atoms with van der Waals surface area (Å²) in [5.41, 5.74) is 2.66. The molecular weight excluding hydrogens is 340 g/mol. The Morgan fingerprint density at radius 1 is 1.15 bits per heavy atom. The van der Waals surface area contributed by atoms with Crippen LogP contribution in [0.2, 0.25) is 0 Å². The van der Waals surface area contributed by atoms with Crippen LogP contribution in [0, 0.1) is 5.92 Å². The summed E-state index contributed by atoms with van der Waals surface area (Å²) in [5, 5.41) is 7.47. The minimum Gasteiger partial charge on any atom is -0.497 e. The summed E-state index contributed by atoms with van der Waals surface area (Å²) in [4.78, 5) is 12.5. The Morgan fingerprint density at radius 3 is 2.63 bits per heavy atom. The van der Waals surface area contributed by atoms with Gasteiger partial charge in [-0.2, -0.15) is 0 Å². The lowest BCUT2D eigenvalue weighted by molar-refractivity contribution is -0.120. The van der Waals surface area contributed by atoms with Crippen LogP contribution < -0.4 is 15.4 Å². The van der Waals surface area contributed by atoms with E-state index in [2.05, 4.69) is 24.5 Å². The Kier molecular flexibility index (Phi) is 6.01. The highest BCUT2D eigenvalue weighted by Gasteiger charge is 2.16. The third-order valence-corrected chi connectivity index (χ3v) is 4.66. The van der Waals surface area contributed by atoms with Gasteiger partial charge in [0.2, 0.25) is 5.91 Å². The maximum absolute atomic E-state index is 12.5. The molecule has 3 aromatic rings. The molecule has 27 heavy (non-hydrogen) atoms. The van der Waals surface area contributed by atoms with Crippen LogP contribution in [0.4, 0.5) is 5.69 Å². The second kappa shape index (κ2) is 8.62. The van der Waals surface area contributed by atoms with Crippen LogP contribution in [0.25, 0.3) is 11.0 Å². The van der Waals surface area contributed by atoms with Crippen molar-refractivity contribution in [2.45, 2.75) is 26.3 Å². The summed E-state index contributed by atoms with van der Waals surface area (Å²) < 4.78 is 10.8. The van der Waals surface area contributed by atoms with E-state index in [9.17, 15) is 4.79 Å². The first-order chi connectivity index (χ1) is 13.1. The number of amides is 1. The lowest BCUT2D eigenvalue weighted by atomic mass is 10.0. The number of hydrogen-bond acceptors (Lipinski definition) is 4. The van der Waals surface area contributed by atoms with Crippen LogP contribution in [0.3, 0.4) is 0 Å². The van der Waals surface area contributed by atoms with Crippen molar-refractivity contribution in [2.24, 2.45) is 5.92 Å². The lowest BCUT2D eigenvalue weighted by Crippen LogP contribution is -2.40. The predicted octanol–water partition coefficient (Wildman–Crippen LogP) is 4.24. The average molecular weight is 366 g/mol. The number of para-hydroxylation sites is 1. The predicted molar refractivity (Wildman–Crippen MR) is 108 cm³/mol. The van der Waals surface area contributed by atoms with Crippen LogP contribution in [0.15, 0.2) is 59.2 Å². The van der Waals surface area contributed by atoms with Crippen molar-refractivity contribution in [3.63, 3.8) is 0 Å². The summed E-state index contributed by atoms with van der Waals surface area (Å²) >= 11 is 0. The van der Waals surface area contributed by atoms with Crippen molar-refractivity contribution in [1.82, 2.24) is 5.32 Å². The van der Waals surface area contributed by atoms with E-state index in [1.165, 1.54) is 0 Å². The molecule has 1 aromatic heterocycles. The molecule has 0 aliphatic heterocycles. The van der Waals surface area contributed by atoms with Crippen LogP contribution in [-0.2, 0) is 11.2 Å². The van der Waals surface area contributed by atoms with Crippen LogP contribution in [0.5, 0.6) is 5.75 Å². The first kappa shape index (κ1) is 18.8. The number of benzene rings is 2. The molecule has 0 aliphatic rings. The second-order valence-electron chi connectivity index (χ2n) is 6.96. The van der Waals surface area contributed by atoms with Gasteiger partial charge in [-0.1, -0.05) is 32.0 Å². The monoisotopic (exact) mass is 366 g/mol. The van der Waals surface area contributed by atoms with Crippen LogP contribution >= 0.6 is 0 Å². The highest BCUT2D eigenvalue weighted by molar-refractivity contribution is 5.88. The molecule has 5 nitrogen and oxygen atoms in total. The number of carbonyl (C=O) groups is 1. The summed E-state index contributed by atoms with van der Waals surface area (Å²) in [6, 6.07) is 15.8. The van der Waals surface area contributed by atoms with Crippen molar-refractivity contribution in [2.75, 3.05) is 19.0 Å². The zero-order chi connectivity index (χ0) is 19.2. The molecular formula is C22H26N2O3. The molecule has 0 saturated heterocycles. The third-order valence-electron chi connectivity index (χ3n) is 4.66. The van der Waals surface area contributed by atoms with Gasteiger partial charge in [-0.15, -0.1) is 0 Å². The van der Waals surface area contributed by atoms with E-state index >= 15 is 0 Å². The largest absolute Gasteiger partial charge is 0.497 e. The van der Waals surface area contributed by atoms with Gasteiger partial charge in [-0.05, 0) is 30.2 Å². The fraction of sp³-hybridized carbons (Fsp3) is 0.318. The molecule has 0 radical (unpaired) electrons. The third kappa shape index (κ3) is 4.82. The topological polar surface area (TPSA) is 63.5 Å². The SMILES string of the molecule is COc1ccc2c(CC(=O)NCC(Nc3ccccc3)C(C)C)coc2c1. The summed E-state index contributed by atoms with van der Waals surface area (Å²) in [6.45, 7) is 4.85. The molecule has 0 spiro atoms. The van der Waals surface area contributed by atoms with E-state index in [0.717, 1.165) is 28.0 Å². The number of anilines is 1. The number of nitrogens with one attached hydrogen (secondary N) is 2. The number of carbonyl (C=O) groups excluding carboxylic acids is 1. The van der Waals surface area contributed by atoms with Crippen molar-refractivity contribution < 1.29 is 13.9 Å². The standard InChI is InChI=1S/C22H26N2O3/c1-15(2)20(24-17-7-5-4-6-8-17)13-23-22(25)11-16-14-27-21-12-18(26-3)9-10-19(16)21/h4-10,12,14-15,20,24H,11,13H2,1-3H3,(H,23,25). The molecule has 5 heteroatoms. The minimum atomic E-state index is -0.0194. The van der Waals surface area contributed by atoms with Gasteiger partial charge in [0.15, 0.2) is 0 Å². The molecule has 1 amide bonds. The Bertz CT molecular complexity index is 887. The van der Waals surface area contributed by atoms with E-state index in [1.54, 1.807) is 13.4 Å². The molecule has 1 heterocycles. The first-order valence-electron chi connectivity index (χ1n) is 9.19. The van der Waals surface area contributed by atoms with Gasteiger partial charge in [0.1, 0.15) is 11.3 Å². The number of rotatable bonds is 8. The normalized spacial score (nSPS) is 12.1. The number of fused-ring (bicyclic) bond motifs is 1. The fourth-order valence-electron chi connectivity index (χ4n) is 2.99. The summed E-state index contributed by atoms with van der Waals surface area (Å²) in [6.07, 6.45) is 1.93. The van der Waals surface area contributed by atoms with Gasteiger partial charge in [0.05, 0.1) is 19.8 Å². The highest BCUT2D eigenvalue weighted by atomic mass is 16.5. The molecule has 142 valence electrons. The molecule has 0 fully saturated rings. The Morgan fingerprint density at radius 2 is 1.93 bits per heavy atom. The molecule has 1 atom stereocenters. The zero-order valence-electron chi connectivity index (χ0n) is 16.0. The number of methoxy groups -OCH3 is 1. The molecule has 0 aliphatic carbocycles. The Hall–Kier alpha value is -2.95. The van der Waals surface area contributed by atoms with Gasteiger partial charge < -0.3 is 19.8 Å². The second-order valence-corrected chi connectivity index (χ2v) is 6.96. The molecule has 0 saturated carbocycles. The van der Waals surface area contributed by atoms with Crippen molar-refractivity contribution in [3.8, 4) is 5.75 Å². The van der Waals surface area contributed by atoms with Crippen molar-refractivity contribution in [1.29, 1.82) is 0 Å². The van der Waals surface area contributed by atoms with E-state index in [4.69, 9.17) is 9.15 Å². The number of furan rings is 1. The van der Waals surface area contributed by atoms with E-state index in [0.29, 0.717) is 12.5 Å². The minimum absolute atomic E-state index is 0.0194. The average Bonchev–Trinajstić information content (AvgIpc) is 3.07. The molecule has 2 aromatic carbocycles. The maximum atomic E-state index is 12.5. The smallest absolute Gasteiger partial charge is 0.224 e. The van der Waals surface area contributed by atoms with E-state index < -0.39 is 0 Å². The first-order valence-corrected chi connectivity index (χ1v) is 9.19. The number of hydrogen-bond donors (Lipinski definition) is 2. The fourth-order valence-corrected chi connectivity index (χ4v) is 2.99. The van der Waals surface area contributed by atoms with Gasteiger partial charge in [-0.3, -0.25) is 4.79 Å². The maximum Gasteiger partial charge on any atom is 0.224 e. The summed E-state index contributed by atoms with van der Waals surface area (Å²) in [7, 11) is 1.62. The molecule has 3 rings (SSSR count). The molecule has 0 bridgehead atoms. The highest BCUT2D eigenvalue weighted by Crippen LogP contribution is 2.25. The molecule has 1 unspecified atom stereocenters. The number of ether oxygens (including phenoxy) is 1.